The van der Waals surface area contributed by atoms with Crippen LogP contribution in [0.5, 0.6) is 0 Å². The lowest BCUT2D eigenvalue weighted by Crippen LogP contribution is -2.38. The van der Waals surface area contributed by atoms with Crippen molar-refractivity contribution in [3.63, 3.8) is 0 Å². The van der Waals surface area contributed by atoms with Crippen LogP contribution in [-0.2, 0) is 15.8 Å². The minimum atomic E-state index is -3.30. The summed E-state index contributed by atoms with van der Waals surface area (Å²) in [5.74, 6) is 1.28. The lowest BCUT2D eigenvalue weighted by Gasteiger charge is -2.29. The van der Waals surface area contributed by atoms with Crippen molar-refractivity contribution in [3.8, 4) is 11.5 Å². The van der Waals surface area contributed by atoms with Gasteiger partial charge in [-0.2, -0.15) is 11.3 Å². The molecule has 26 heavy (non-hydrogen) atoms. The molecule has 0 N–H and O–H groups in total. The van der Waals surface area contributed by atoms with Crippen LogP contribution in [0.15, 0.2) is 51.6 Å². The molecule has 0 radical (unpaired) electrons. The van der Waals surface area contributed by atoms with Gasteiger partial charge in [0.2, 0.25) is 21.8 Å². The monoisotopic (exact) mass is 389 g/mol. The average molecular weight is 390 g/mol. The summed E-state index contributed by atoms with van der Waals surface area (Å²) in [5, 5.41) is 12.2. The second kappa shape index (κ2) is 7.30. The summed E-state index contributed by atoms with van der Waals surface area (Å²) in [5.41, 5.74) is 1.74. The minimum absolute atomic E-state index is 0.0430. The highest BCUT2D eigenvalue weighted by molar-refractivity contribution is 7.88. The molecular formula is C18H19N3O3S2. The Morgan fingerprint density at radius 2 is 1.88 bits per heavy atom. The van der Waals surface area contributed by atoms with Crippen molar-refractivity contribution in [2.45, 2.75) is 24.5 Å². The number of thiophene rings is 1. The molecule has 1 fully saturated rings. The Bertz CT molecular complexity index is 945. The smallest absolute Gasteiger partial charge is 0.248 e. The minimum Gasteiger partial charge on any atom is -0.420 e. The fourth-order valence-electron chi connectivity index (χ4n) is 3.16. The second-order valence-corrected chi connectivity index (χ2v) is 9.12. The van der Waals surface area contributed by atoms with Gasteiger partial charge in [0.1, 0.15) is 0 Å². The second-order valence-electron chi connectivity index (χ2n) is 6.37. The van der Waals surface area contributed by atoms with Crippen LogP contribution in [0, 0.1) is 0 Å². The van der Waals surface area contributed by atoms with Gasteiger partial charge >= 0.3 is 0 Å². The van der Waals surface area contributed by atoms with E-state index in [0.717, 1.165) is 11.1 Å². The molecule has 8 heteroatoms. The van der Waals surface area contributed by atoms with Gasteiger partial charge in [0.25, 0.3) is 0 Å². The molecule has 0 bridgehead atoms. The van der Waals surface area contributed by atoms with Gasteiger partial charge in [-0.25, -0.2) is 12.7 Å². The topological polar surface area (TPSA) is 76.3 Å². The van der Waals surface area contributed by atoms with Crippen LogP contribution in [0.1, 0.15) is 30.2 Å². The molecule has 1 aliphatic rings. The normalized spacial score (nSPS) is 16.8. The summed E-state index contributed by atoms with van der Waals surface area (Å²) < 4.78 is 32.6. The Kier molecular flexibility index (Phi) is 4.88. The van der Waals surface area contributed by atoms with E-state index in [1.807, 2.05) is 47.2 Å². The Morgan fingerprint density at radius 3 is 2.58 bits per heavy atom. The number of rotatable bonds is 5. The molecule has 1 aromatic carbocycles. The molecule has 0 aliphatic carbocycles. The maximum absolute atomic E-state index is 12.6. The molecular weight excluding hydrogens is 370 g/mol. The molecule has 0 saturated carbocycles. The first kappa shape index (κ1) is 17.4. The molecule has 0 spiro atoms. The largest absolute Gasteiger partial charge is 0.420 e. The SMILES string of the molecule is O=S(=O)(Cc1ccccc1)N1CCC(c2nnc(-c3ccsc3)o2)CC1. The lowest BCUT2D eigenvalue weighted by atomic mass is 9.98. The van der Waals surface area contributed by atoms with Gasteiger partial charge < -0.3 is 4.42 Å². The fourth-order valence-corrected chi connectivity index (χ4v) is 5.35. The van der Waals surface area contributed by atoms with E-state index in [9.17, 15) is 8.42 Å². The molecule has 1 saturated heterocycles. The summed E-state index contributed by atoms with van der Waals surface area (Å²) in [6.45, 7) is 0.964. The van der Waals surface area contributed by atoms with E-state index in [1.54, 1.807) is 15.6 Å². The van der Waals surface area contributed by atoms with E-state index >= 15 is 0 Å². The number of hydrogen-bond donors (Lipinski definition) is 0. The van der Waals surface area contributed by atoms with E-state index in [4.69, 9.17) is 4.42 Å². The number of nitrogens with zero attached hydrogens (tertiary/aromatic N) is 3. The molecule has 0 unspecified atom stereocenters. The quantitative estimate of drug-likeness (QED) is 0.667. The highest BCUT2D eigenvalue weighted by Gasteiger charge is 2.31. The summed E-state index contributed by atoms with van der Waals surface area (Å²) >= 11 is 1.58. The maximum Gasteiger partial charge on any atom is 0.248 e. The van der Waals surface area contributed by atoms with E-state index in [0.29, 0.717) is 37.7 Å². The van der Waals surface area contributed by atoms with Crippen molar-refractivity contribution in [3.05, 3.63) is 58.6 Å². The van der Waals surface area contributed by atoms with Crippen molar-refractivity contribution in [1.82, 2.24) is 14.5 Å². The first-order chi connectivity index (χ1) is 12.6. The molecule has 136 valence electrons. The van der Waals surface area contributed by atoms with Gasteiger partial charge in [-0.3, -0.25) is 0 Å². The first-order valence-corrected chi connectivity index (χ1v) is 11.0. The number of hydrogen-bond acceptors (Lipinski definition) is 6. The Morgan fingerprint density at radius 1 is 1.12 bits per heavy atom. The number of sulfonamides is 1. The predicted octanol–water partition coefficient (Wildman–Crippen LogP) is 3.51. The first-order valence-electron chi connectivity index (χ1n) is 8.49. The van der Waals surface area contributed by atoms with Gasteiger partial charge in [-0.15, -0.1) is 10.2 Å². The van der Waals surface area contributed by atoms with Crippen LogP contribution in [0.25, 0.3) is 11.5 Å². The summed E-state index contributed by atoms with van der Waals surface area (Å²) in [6.07, 6.45) is 1.39. The molecule has 6 nitrogen and oxygen atoms in total. The number of piperidine rings is 1. The molecule has 4 rings (SSSR count). The van der Waals surface area contributed by atoms with Crippen LogP contribution < -0.4 is 0 Å². The van der Waals surface area contributed by atoms with E-state index in [1.165, 1.54) is 0 Å². The molecule has 1 aliphatic heterocycles. The van der Waals surface area contributed by atoms with Gasteiger partial charge in [0, 0.05) is 30.0 Å². The summed E-state index contributed by atoms with van der Waals surface area (Å²) in [4.78, 5) is 0. The van der Waals surface area contributed by atoms with Crippen molar-refractivity contribution < 1.29 is 12.8 Å². The van der Waals surface area contributed by atoms with Crippen molar-refractivity contribution in [1.29, 1.82) is 0 Å². The zero-order chi connectivity index (χ0) is 18.0. The van der Waals surface area contributed by atoms with Gasteiger partial charge in [0.15, 0.2) is 0 Å². The Hall–Kier alpha value is -2.03. The average Bonchev–Trinajstić information content (AvgIpc) is 3.34. The van der Waals surface area contributed by atoms with Gasteiger partial charge in [0.05, 0.1) is 5.75 Å². The highest BCUT2D eigenvalue weighted by Crippen LogP contribution is 2.31. The fraction of sp³-hybridized carbons (Fsp3) is 0.333. The Labute approximate surface area is 156 Å². The molecule has 0 atom stereocenters. The third kappa shape index (κ3) is 3.72. The summed E-state index contributed by atoms with van der Waals surface area (Å²) in [7, 11) is -3.30. The summed E-state index contributed by atoms with van der Waals surface area (Å²) in [6, 6.07) is 11.2. The molecule has 2 aromatic heterocycles. The van der Waals surface area contributed by atoms with E-state index < -0.39 is 10.0 Å². The van der Waals surface area contributed by atoms with Crippen molar-refractivity contribution in [2.75, 3.05) is 13.1 Å². The third-order valence-electron chi connectivity index (χ3n) is 4.60. The van der Waals surface area contributed by atoms with E-state index in [2.05, 4.69) is 10.2 Å². The van der Waals surface area contributed by atoms with Crippen LogP contribution in [-0.4, -0.2) is 36.0 Å². The lowest BCUT2D eigenvalue weighted by molar-refractivity contribution is 0.291. The highest BCUT2D eigenvalue weighted by atomic mass is 32.2. The Balaban J connectivity index is 1.39. The molecule has 0 amide bonds. The van der Waals surface area contributed by atoms with Gasteiger partial charge in [-0.1, -0.05) is 30.3 Å². The van der Waals surface area contributed by atoms with Crippen LogP contribution in [0.2, 0.25) is 0 Å². The zero-order valence-electron chi connectivity index (χ0n) is 14.1. The van der Waals surface area contributed by atoms with Crippen LogP contribution in [0.3, 0.4) is 0 Å². The predicted molar refractivity (Wildman–Crippen MR) is 100 cm³/mol. The van der Waals surface area contributed by atoms with E-state index in [-0.39, 0.29) is 11.7 Å². The number of aromatic nitrogens is 2. The third-order valence-corrected chi connectivity index (χ3v) is 7.13. The van der Waals surface area contributed by atoms with Crippen LogP contribution in [0.4, 0.5) is 0 Å². The van der Waals surface area contributed by atoms with Crippen LogP contribution >= 0.6 is 11.3 Å². The van der Waals surface area contributed by atoms with Crippen molar-refractivity contribution in [2.24, 2.45) is 0 Å². The maximum atomic E-state index is 12.6. The van der Waals surface area contributed by atoms with Gasteiger partial charge in [-0.05, 0) is 29.9 Å². The zero-order valence-corrected chi connectivity index (χ0v) is 15.7. The standard InChI is InChI=1S/C18H19N3O3S2/c22-26(23,13-14-4-2-1-3-5-14)21-9-6-15(7-10-21)17-19-20-18(24-17)16-8-11-25-12-16/h1-5,8,11-12,15H,6-7,9-10,13H2. The molecule has 3 aromatic rings. The molecule has 3 heterocycles. The van der Waals surface area contributed by atoms with Crippen molar-refractivity contribution >= 4 is 21.4 Å². The number of benzene rings is 1.